The van der Waals surface area contributed by atoms with E-state index in [1.807, 2.05) is 0 Å². The molecule has 39 valence electrons. The van der Waals surface area contributed by atoms with E-state index < -0.39 is 0 Å². The van der Waals surface area contributed by atoms with Crippen molar-refractivity contribution in [1.82, 2.24) is 0 Å². The summed E-state index contributed by atoms with van der Waals surface area (Å²) in [6.07, 6.45) is 0. The predicted octanol–water partition coefficient (Wildman–Crippen LogP) is -2.60. The van der Waals surface area contributed by atoms with Gasteiger partial charge in [0.15, 0.2) is 0 Å². The first-order valence-electron chi connectivity index (χ1n) is 0.136. The first-order chi connectivity index (χ1) is 1.00. The summed E-state index contributed by atoms with van der Waals surface area (Å²) < 4.78 is 7.94. The zero-order chi connectivity index (χ0) is 2.00. The van der Waals surface area contributed by atoms with Crippen LogP contribution < -0.4 is 0 Å². The molecule has 6 N–H and O–H groups in total. The van der Waals surface area contributed by atoms with E-state index in [1.54, 1.807) is 0 Å². The maximum atomic E-state index is 7.94. The van der Waals surface area contributed by atoms with Crippen molar-refractivity contribution in [3.63, 3.8) is 0 Å². The Morgan fingerprint density at radius 1 is 0.800 bits per heavy atom. The van der Waals surface area contributed by atoms with E-state index in [2.05, 4.69) is 15.7 Å². The summed E-state index contributed by atoms with van der Waals surface area (Å²) in [5.74, 6) is 0. The van der Waals surface area contributed by atoms with Gasteiger partial charge in [0.05, 0.1) is 0 Å². The SMILES string of the molecule is O.O.O.[O]=[Co]. The fraction of sp³-hybridized carbons (Fsp3) is 0. The monoisotopic (exact) mass is 129 g/mol. The molecular formula is H6CoO4. The van der Waals surface area contributed by atoms with Crippen LogP contribution in [0.1, 0.15) is 0 Å². The Morgan fingerprint density at radius 2 is 0.800 bits per heavy atom. The van der Waals surface area contributed by atoms with Gasteiger partial charge in [-0.25, -0.2) is 0 Å². The minimum absolute atomic E-state index is 0. The quantitative estimate of drug-likeness (QED) is 0.351. The van der Waals surface area contributed by atoms with Gasteiger partial charge in [0.25, 0.3) is 0 Å². The first kappa shape index (κ1) is 64.6. The number of hydrogen-bond donors (Lipinski definition) is 0. The Morgan fingerprint density at radius 3 is 0.800 bits per heavy atom. The van der Waals surface area contributed by atoms with Crippen molar-refractivity contribution in [2.24, 2.45) is 0 Å². The van der Waals surface area contributed by atoms with Gasteiger partial charge >= 0.3 is 19.5 Å². The van der Waals surface area contributed by atoms with Crippen molar-refractivity contribution in [2.45, 2.75) is 0 Å². The summed E-state index contributed by atoms with van der Waals surface area (Å²) in [5.41, 5.74) is 0. The second-order valence-electron chi connectivity index (χ2n) is 0. The summed E-state index contributed by atoms with van der Waals surface area (Å²) >= 11 is 2.31. The Kier molecular flexibility index (Phi) is 15800. The molecule has 0 saturated heterocycles. The third-order valence-electron chi connectivity index (χ3n) is 0. The molecule has 0 aliphatic carbocycles. The summed E-state index contributed by atoms with van der Waals surface area (Å²) in [5, 5.41) is 0. The zero-order valence-electron chi connectivity index (χ0n) is 2.24. The Bertz CT molecular complexity index is 3.61. The summed E-state index contributed by atoms with van der Waals surface area (Å²) in [6.45, 7) is 0. The standard InChI is InChI=1S/Co.3H2O.O/h;3*1H2;. The summed E-state index contributed by atoms with van der Waals surface area (Å²) in [4.78, 5) is 0. The van der Waals surface area contributed by atoms with Crippen molar-refractivity contribution < 1.29 is 36.0 Å². The molecule has 0 spiro atoms. The molecule has 0 radical (unpaired) electrons. The van der Waals surface area contributed by atoms with E-state index in [1.165, 1.54) is 0 Å². The van der Waals surface area contributed by atoms with Crippen LogP contribution in [0.2, 0.25) is 0 Å². The van der Waals surface area contributed by atoms with Crippen molar-refractivity contribution in [2.75, 3.05) is 0 Å². The molecule has 0 aromatic heterocycles. The molecular weight excluding hydrogens is 123 g/mol. The molecule has 0 unspecified atom stereocenters. The van der Waals surface area contributed by atoms with Crippen LogP contribution >= 0.6 is 0 Å². The molecule has 0 bridgehead atoms. The van der Waals surface area contributed by atoms with Crippen LogP contribution in [0.3, 0.4) is 0 Å². The second-order valence-corrected chi connectivity index (χ2v) is 0. The minimum atomic E-state index is 0. The van der Waals surface area contributed by atoms with Crippen LogP contribution in [0, 0.1) is 0 Å². The van der Waals surface area contributed by atoms with Gasteiger partial charge in [-0.15, -0.1) is 0 Å². The van der Waals surface area contributed by atoms with Gasteiger partial charge in [0.1, 0.15) is 0 Å². The Labute approximate surface area is 36.9 Å². The summed E-state index contributed by atoms with van der Waals surface area (Å²) in [7, 11) is 0. The van der Waals surface area contributed by atoms with Crippen LogP contribution in [0.5, 0.6) is 0 Å². The van der Waals surface area contributed by atoms with Crippen LogP contribution in [0.15, 0.2) is 0 Å². The van der Waals surface area contributed by atoms with Crippen molar-refractivity contribution in [1.29, 1.82) is 0 Å². The van der Waals surface area contributed by atoms with Crippen LogP contribution in [-0.4, -0.2) is 16.4 Å². The fourth-order valence-electron chi connectivity index (χ4n) is 0. The van der Waals surface area contributed by atoms with E-state index in [9.17, 15) is 0 Å². The van der Waals surface area contributed by atoms with E-state index in [4.69, 9.17) is 3.87 Å². The third kappa shape index (κ3) is 575. The molecule has 0 aromatic carbocycles. The van der Waals surface area contributed by atoms with E-state index in [0.29, 0.717) is 0 Å². The molecule has 0 aliphatic heterocycles. The van der Waals surface area contributed by atoms with Gasteiger partial charge in [0.2, 0.25) is 0 Å². The zero-order valence-corrected chi connectivity index (χ0v) is 3.28. The molecule has 0 atom stereocenters. The maximum absolute atomic E-state index is 7.94. The van der Waals surface area contributed by atoms with E-state index in [-0.39, 0.29) is 16.4 Å². The van der Waals surface area contributed by atoms with Gasteiger partial charge in [-0.3, -0.25) is 0 Å². The van der Waals surface area contributed by atoms with Gasteiger partial charge in [-0.2, -0.15) is 0 Å². The molecule has 0 rings (SSSR count). The average Bonchev–Trinajstić information content (AvgIpc) is 1.00. The Balaban J connectivity index is -0.00000000167. The molecule has 5 heteroatoms. The molecule has 4 nitrogen and oxygen atoms in total. The van der Waals surface area contributed by atoms with Gasteiger partial charge in [-0.1, -0.05) is 0 Å². The molecule has 0 aromatic rings. The van der Waals surface area contributed by atoms with Gasteiger partial charge < -0.3 is 16.4 Å². The topological polar surface area (TPSA) is 112 Å². The summed E-state index contributed by atoms with van der Waals surface area (Å²) in [6, 6.07) is 0. The number of rotatable bonds is 0. The van der Waals surface area contributed by atoms with Crippen molar-refractivity contribution >= 4 is 0 Å². The number of hydrogen-bond acceptors (Lipinski definition) is 1. The third-order valence-corrected chi connectivity index (χ3v) is 0. The van der Waals surface area contributed by atoms with Crippen molar-refractivity contribution in [3.05, 3.63) is 0 Å². The predicted molar refractivity (Wildman–Crippen MR) is 11.5 cm³/mol. The molecule has 0 amide bonds. The normalized spacial score (nSPS) is 1.00. The van der Waals surface area contributed by atoms with Crippen LogP contribution in [-0.2, 0) is 19.5 Å². The van der Waals surface area contributed by atoms with Crippen molar-refractivity contribution in [3.8, 4) is 0 Å². The van der Waals surface area contributed by atoms with E-state index in [0.717, 1.165) is 0 Å². The first-order valence-corrected chi connectivity index (χ1v) is 0.561. The molecule has 0 fully saturated rings. The second kappa shape index (κ2) is 1220. The van der Waals surface area contributed by atoms with Gasteiger partial charge in [-0.05, 0) is 0 Å². The molecule has 0 saturated carbocycles. The molecule has 0 aliphatic rings. The fourth-order valence-corrected chi connectivity index (χ4v) is 0. The van der Waals surface area contributed by atoms with Crippen LogP contribution in [0.25, 0.3) is 0 Å². The van der Waals surface area contributed by atoms with Gasteiger partial charge in [0, 0.05) is 0 Å². The molecule has 0 heterocycles. The van der Waals surface area contributed by atoms with E-state index >= 15 is 0 Å². The Hall–Kier alpha value is 0.186. The molecule has 5 heavy (non-hydrogen) atoms. The average molecular weight is 129 g/mol. The van der Waals surface area contributed by atoms with Crippen LogP contribution in [0.4, 0.5) is 0 Å².